The van der Waals surface area contributed by atoms with Gasteiger partial charge in [0.25, 0.3) is 0 Å². The van der Waals surface area contributed by atoms with Crippen molar-refractivity contribution in [1.29, 1.82) is 0 Å². The fourth-order valence-electron chi connectivity index (χ4n) is 11.1. The molecule has 0 aliphatic rings. The van der Waals surface area contributed by atoms with Gasteiger partial charge >= 0.3 is 39.5 Å². The molecule has 546 valence electrons. The number of hydrogen-bond acceptors (Lipinski definition) is 15. The average Bonchev–Trinajstić information content (AvgIpc) is 1.92. The quantitative estimate of drug-likeness (QED) is 0.0222. The molecule has 0 spiro atoms. The molecule has 0 aromatic heterocycles. The second kappa shape index (κ2) is 65.0. The zero-order valence-electron chi connectivity index (χ0n) is 59.9. The van der Waals surface area contributed by atoms with Gasteiger partial charge in [0.2, 0.25) is 0 Å². The number of aliphatic hydroxyl groups is 1. The number of phosphoric ester groups is 2. The van der Waals surface area contributed by atoms with Crippen molar-refractivity contribution >= 4 is 39.5 Å². The Balaban J connectivity index is 5.19. The van der Waals surface area contributed by atoms with Gasteiger partial charge < -0.3 is 33.8 Å². The Morgan fingerprint density at radius 2 is 0.522 bits per heavy atom. The molecular formula is C73H142O17P2. The molecule has 7 atom stereocenters. The molecule has 0 bridgehead atoms. The molecule has 92 heavy (non-hydrogen) atoms. The molecule has 17 nitrogen and oxygen atoms in total. The van der Waals surface area contributed by atoms with Gasteiger partial charge in [-0.25, -0.2) is 9.13 Å². The predicted molar refractivity (Wildman–Crippen MR) is 372 cm³/mol. The normalized spacial score (nSPS) is 14.7. The number of hydrogen-bond donors (Lipinski definition) is 3. The molecule has 0 fully saturated rings. The van der Waals surface area contributed by atoms with E-state index in [9.17, 15) is 43.2 Å². The molecule has 0 rings (SSSR count). The highest BCUT2D eigenvalue weighted by Gasteiger charge is 2.30. The van der Waals surface area contributed by atoms with Crippen LogP contribution in [0.3, 0.4) is 0 Å². The predicted octanol–water partition coefficient (Wildman–Crippen LogP) is 21.2. The smallest absolute Gasteiger partial charge is 0.462 e. The summed E-state index contributed by atoms with van der Waals surface area (Å²) in [6.45, 7) is 9.52. The molecule has 4 unspecified atom stereocenters. The summed E-state index contributed by atoms with van der Waals surface area (Å²) in [5, 5.41) is 10.6. The van der Waals surface area contributed by atoms with E-state index in [-0.39, 0.29) is 25.7 Å². The van der Waals surface area contributed by atoms with Crippen LogP contribution in [0.4, 0.5) is 0 Å². The summed E-state index contributed by atoms with van der Waals surface area (Å²) >= 11 is 0. The first-order valence-electron chi connectivity index (χ1n) is 38.1. The van der Waals surface area contributed by atoms with Crippen molar-refractivity contribution < 1.29 is 80.2 Å². The van der Waals surface area contributed by atoms with Gasteiger partial charge in [0.05, 0.1) is 26.4 Å². The molecular weight excluding hydrogens is 1210 g/mol. The Bertz CT molecular complexity index is 1790. The minimum atomic E-state index is -4.95. The van der Waals surface area contributed by atoms with Crippen LogP contribution in [0, 0.1) is 11.8 Å². The molecule has 0 aromatic rings. The van der Waals surface area contributed by atoms with Crippen LogP contribution in [-0.2, 0) is 65.4 Å². The van der Waals surface area contributed by atoms with Gasteiger partial charge in [-0.3, -0.25) is 37.3 Å². The SMILES string of the molecule is CCCCCCCCCCCCCCCCCCCCCCC(=O)O[C@H](COC(=O)CCCCCCCCCCCCC(C)CC)COP(=O)(O)OC[C@@H](O)COP(=O)(O)OC[C@@H](COC(=O)CCCCCCCCCC)OC(=O)CCCCCCCCC(C)CC. The molecule has 0 radical (unpaired) electrons. The number of esters is 4. The maximum atomic E-state index is 13.1. The minimum Gasteiger partial charge on any atom is -0.462 e. The zero-order valence-corrected chi connectivity index (χ0v) is 61.6. The molecule has 0 amide bonds. The Hall–Kier alpha value is -1.94. The lowest BCUT2D eigenvalue weighted by atomic mass is 9.99. The Kier molecular flexibility index (Phi) is 63.7. The number of carbonyl (C=O) groups is 4. The van der Waals surface area contributed by atoms with Crippen LogP contribution < -0.4 is 0 Å². The summed E-state index contributed by atoms with van der Waals surface area (Å²) in [5.41, 5.74) is 0. The van der Waals surface area contributed by atoms with E-state index >= 15 is 0 Å². The second-order valence-electron chi connectivity index (χ2n) is 26.8. The topological polar surface area (TPSA) is 237 Å². The van der Waals surface area contributed by atoms with Gasteiger partial charge in [0, 0.05) is 25.7 Å². The highest BCUT2D eigenvalue weighted by atomic mass is 31.2. The lowest BCUT2D eigenvalue weighted by Crippen LogP contribution is -2.30. The molecule has 0 aliphatic heterocycles. The van der Waals surface area contributed by atoms with Crippen molar-refractivity contribution in [1.82, 2.24) is 0 Å². The summed E-state index contributed by atoms with van der Waals surface area (Å²) in [6, 6.07) is 0. The highest BCUT2D eigenvalue weighted by molar-refractivity contribution is 7.47. The monoisotopic (exact) mass is 1350 g/mol. The van der Waals surface area contributed by atoms with Crippen molar-refractivity contribution in [2.24, 2.45) is 11.8 Å². The molecule has 0 aromatic carbocycles. The standard InChI is InChI=1S/C73H142O17P2/c1-7-11-13-15-17-19-20-21-22-23-24-25-26-27-28-29-34-38-45-51-57-72(77)89-68(61-84-71(76)56-50-44-37-33-31-30-32-35-41-47-53-65(5)9-3)63-87-91(79,80)85-59-67(74)60-86-92(81,82)88-64-69(62-83-70(75)55-49-43-36-18-16-14-12-8-2)90-73(78)58-52-46-40-39-42-48-54-66(6)10-4/h65-69,74H,7-64H2,1-6H3,(H,79,80)(H,81,82)/t65?,66?,67-,68-,69-/m1/s1. The molecule has 19 heteroatoms. The first-order chi connectivity index (χ1) is 44.4. The van der Waals surface area contributed by atoms with Crippen LogP contribution in [0.2, 0.25) is 0 Å². The van der Waals surface area contributed by atoms with E-state index in [2.05, 4.69) is 41.5 Å². The number of unbranched alkanes of at least 4 members (excludes halogenated alkanes) is 40. The number of phosphoric acid groups is 2. The lowest BCUT2D eigenvalue weighted by molar-refractivity contribution is -0.161. The van der Waals surface area contributed by atoms with Crippen LogP contribution >= 0.6 is 15.6 Å². The van der Waals surface area contributed by atoms with Crippen molar-refractivity contribution in [2.75, 3.05) is 39.6 Å². The zero-order chi connectivity index (χ0) is 67.9. The van der Waals surface area contributed by atoms with Gasteiger partial charge in [-0.1, -0.05) is 324 Å². The summed E-state index contributed by atoms with van der Waals surface area (Å²) in [5.74, 6) is -0.596. The van der Waals surface area contributed by atoms with Crippen LogP contribution in [0.1, 0.15) is 375 Å². The van der Waals surface area contributed by atoms with Gasteiger partial charge in [-0.15, -0.1) is 0 Å². The van der Waals surface area contributed by atoms with Crippen molar-refractivity contribution in [3.05, 3.63) is 0 Å². The van der Waals surface area contributed by atoms with Crippen LogP contribution in [0.5, 0.6) is 0 Å². The molecule has 0 saturated carbocycles. The third-order valence-electron chi connectivity index (χ3n) is 17.7. The van der Waals surface area contributed by atoms with E-state index in [1.54, 1.807) is 0 Å². The van der Waals surface area contributed by atoms with E-state index in [1.165, 1.54) is 186 Å². The lowest BCUT2D eigenvalue weighted by Gasteiger charge is -2.21. The third-order valence-corrected chi connectivity index (χ3v) is 19.6. The van der Waals surface area contributed by atoms with Gasteiger partial charge in [0.15, 0.2) is 12.2 Å². The fourth-order valence-corrected chi connectivity index (χ4v) is 12.6. The Labute approximate surface area is 562 Å². The Morgan fingerprint density at radius 1 is 0.304 bits per heavy atom. The first-order valence-corrected chi connectivity index (χ1v) is 41.1. The van der Waals surface area contributed by atoms with E-state index in [0.717, 1.165) is 108 Å². The highest BCUT2D eigenvalue weighted by Crippen LogP contribution is 2.45. The molecule has 0 heterocycles. The van der Waals surface area contributed by atoms with Crippen LogP contribution in [-0.4, -0.2) is 96.7 Å². The maximum absolute atomic E-state index is 13.1. The van der Waals surface area contributed by atoms with Crippen LogP contribution in [0.25, 0.3) is 0 Å². The number of ether oxygens (including phenoxy) is 4. The summed E-state index contributed by atoms with van der Waals surface area (Å²) in [4.78, 5) is 72.5. The molecule has 0 aliphatic carbocycles. The summed E-state index contributed by atoms with van der Waals surface area (Å²) < 4.78 is 68.3. The van der Waals surface area contributed by atoms with Crippen LogP contribution in [0.15, 0.2) is 0 Å². The first kappa shape index (κ1) is 90.1. The third kappa shape index (κ3) is 64.1. The fraction of sp³-hybridized carbons (Fsp3) is 0.945. The number of carbonyl (C=O) groups excluding carboxylic acids is 4. The number of aliphatic hydroxyl groups excluding tert-OH is 1. The number of rotatable bonds is 72. The largest absolute Gasteiger partial charge is 0.472 e. The van der Waals surface area contributed by atoms with E-state index in [4.69, 9.17) is 37.0 Å². The van der Waals surface area contributed by atoms with E-state index < -0.39 is 97.5 Å². The summed E-state index contributed by atoms with van der Waals surface area (Å²) in [7, 11) is -9.90. The minimum absolute atomic E-state index is 0.103. The maximum Gasteiger partial charge on any atom is 0.472 e. The van der Waals surface area contributed by atoms with Gasteiger partial charge in [-0.2, -0.15) is 0 Å². The van der Waals surface area contributed by atoms with Crippen molar-refractivity contribution in [3.63, 3.8) is 0 Å². The average molecular weight is 1350 g/mol. The molecule has 3 N–H and O–H groups in total. The Morgan fingerprint density at radius 3 is 0.772 bits per heavy atom. The second-order valence-corrected chi connectivity index (χ2v) is 29.7. The van der Waals surface area contributed by atoms with Gasteiger partial charge in [0.1, 0.15) is 19.3 Å². The van der Waals surface area contributed by atoms with E-state index in [1.807, 2.05) is 0 Å². The summed E-state index contributed by atoms with van der Waals surface area (Å²) in [6.07, 6.45) is 51.5. The van der Waals surface area contributed by atoms with Gasteiger partial charge in [-0.05, 0) is 37.5 Å². The molecule has 0 saturated heterocycles. The van der Waals surface area contributed by atoms with E-state index in [0.29, 0.717) is 25.7 Å². The van der Waals surface area contributed by atoms with Crippen molar-refractivity contribution in [3.8, 4) is 0 Å². The van der Waals surface area contributed by atoms with Crippen molar-refractivity contribution in [2.45, 2.75) is 394 Å².